The van der Waals surface area contributed by atoms with Gasteiger partial charge in [0.1, 0.15) is 5.75 Å². The molecule has 2 rings (SSSR count). The van der Waals surface area contributed by atoms with Gasteiger partial charge >= 0.3 is 0 Å². The first-order valence-corrected chi connectivity index (χ1v) is 9.14. The molecule has 0 radical (unpaired) electrons. The van der Waals surface area contributed by atoms with Crippen molar-refractivity contribution in [3.63, 3.8) is 0 Å². The van der Waals surface area contributed by atoms with Gasteiger partial charge in [0.05, 0.1) is 13.7 Å². The number of carbonyl (C=O) groups excluding carboxylic acids is 2. The van der Waals surface area contributed by atoms with Crippen LogP contribution < -0.4 is 10.1 Å². The number of nitrogens with one attached hydrogen (secondary N) is 1. The van der Waals surface area contributed by atoms with Crippen molar-refractivity contribution < 1.29 is 14.3 Å². The molecular weight excluding hydrogens is 330 g/mol. The lowest BCUT2D eigenvalue weighted by Crippen LogP contribution is -2.50. The summed E-state index contributed by atoms with van der Waals surface area (Å²) in [5, 5.41) is 2.88. The van der Waals surface area contributed by atoms with Crippen LogP contribution in [0, 0.1) is 6.92 Å². The quantitative estimate of drug-likeness (QED) is 0.753. The van der Waals surface area contributed by atoms with Crippen LogP contribution in [0.25, 0.3) is 6.08 Å². The minimum Gasteiger partial charge on any atom is -0.496 e. The summed E-state index contributed by atoms with van der Waals surface area (Å²) in [6.45, 7) is 7.85. The van der Waals surface area contributed by atoms with E-state index in [0.717, 1.165) is 23.3 Å². The van der Waals surface area contributed by atoms with E-state index in [4.69, 9.17) is 4.74 Å². The van der Waals surface area contributed by atoms with Crippen molar-refractivity contribution in [1.82, 2.24) is 15.1 Å². The van der Waals surface area contributed by atoms with Gasteiger partial charge in [0.25, 0.3) is 0 Å². The Hall–Kier alpha value is -2.34. The molecule has 1 aliphatic rings. The van der Waals surface area contributed by atoms with E-state index >= 15 is 0 Å². The number of carbonyl (C=O) groups is 2. The molecule has 0 bridgehead atoms. The molecule has 2 amide bonds. The van der Waals surface area contributed by atoms with E-state index in [1.165, 1.54) is 0 Å². The van der Waals surface area contributed by atoms with E-state index in [1.807, 2.05) is 36.9 Å². The molecule has 0 unspecified atom stereocenters. The normalized spacial score (nSPS) is 15.3. The molecule has 0 saturated carbocycles. The molecule has 6 nitrogen and oxygen atoms in total. The molecule has 26 heavy (non-hydrogen) atoms. The first-order chi connectivity index (χ1) is 12.5. The van der Waals surface area contributed by atoms with E-state index in [1.54, 1.807) is 19.3 Å². The molecule has 1 aromatic carbocycles. The molecule has 0 atom stereocenters. The molecule has 6 heteroatoms. The second kappa shape index (κ2) is 9.97. The number of hydrogen-bond donors (Lipinski definition) is 1. The van der Waals surface area contributed by atoms with Crippen LogP contribution in [0.1, 0.15) is 24.5 Å². The Kier molecular flexibility index (Phi) is 7.66. The maximum Gasteiger partial charge on any atom is 0.246 e. The van der Waals surface area contributed by atoms with Crippen molar-refractivity contribution in [2.45, 2.75) is 20.3 Å². The van der Waals surface area contributed by atoms with Gasteiger partial charge in [0.2, 0.25) is 11.8 Å². The zero-order chi connectivity index (χ0) is 18.9. The zero-order valence-electron chi connectivity index (χ0n) is 16.0. The Morgan fingerprint density at radius 3 is 2.62 bits per heavy atom. The zero-order valence-corrected chi connectivity index (χ0v) is 16.0. The lowest BCUT2D eigenvalue weighted by Gasteiger charge is -2.33. The van der Waals surface area contributed by atoms with Gasteiger partial charge in [-0.05, 0) is 31.6 Å². The Balaban J connectivity index is 1.85. The smallest absolute Gasteiger partial charge is 0.246 e. The Bertz CT molecular complexity index is 650. The van der Waals surface area contributed by atoms with Crippen LogP contribution in [0.15, 0.2) is 24.3 Å². The van der Waals surface area contributed by atoms with Gasteiger partial charge in [-0.25, -0.2) is 0 Å². The van der Waals surface area contributed by atoms with Crippen LogP contribution in [-0.2, 0) is 9.59 Å². The second-order valence-electron chi connectivity index (χ2n) is 6.53. The summed E-state index contributed by atoms with van der Waals surface area (Å²) in [6.07, 6.45) is 4.34. The van der Waals surface area contributed by atoms with Gasteiger partial charge in [-0.2, -0.15) is 0 Å². The molecule has 1 aromatic rings. The highest BCUT2D eigenvalue weighted by Gasteiger charge is 2.21. The van der Waals surface area contributed by atoms with Crippen molar-refractivity contribution in [3.05, 3.63) is 35.4 Å². The molecule has 1 N–H and O–H groups in total. The van der Waals surface area contributed by atoms with Crippen LogP contribution in [0.3, 0.4) is 0 Å². The fraction of sp³-hybridized carbons (Fsp3) is 0.500. The lowest BCUT2D eigenvalue weighted by molar-refractivity contribution is -0.128. The van der Waals surface area contributed by atoms with E-state index in [0.29, 0.717) is 39.3 Å². The number of benzene rings is 1. The standard InChI is InChI=1S/C20H29N3O3/c1-4-9-21-19(24)15-22-10-12-23(13-11-22)20(25)8-6-17-14-16(2)5-7-18(17)26-3/h5-8,14H,4,9-13,15H2,1-3H3,(H,21,24)/b8-6+. The molecule has 0 spiro atoms. The summed E-state index contributed by atoms with van der Waals surface area (Å²) in [5.74, 6) is 0.796. The van der Waals surface area contributed by atoms with Gasteiger partial charge in [0, 0.05) is 44.4 Å². The first kappa shape index (κ1) is 20.0. The average molecular weight is 359 g/mol. The monoisotopic (exact) mass is 359 g/mol. The van der Waals surface area contributed by atoms with Crippen molar-refractivity contribution in [2.75, 3.05) is 46.4 Å². The number of amides is 2. The van der Waals surface area contributed by atoms with E-state index in [2.05, 4.69) is 10.2 Å². The summed E-state index contributed by atoms with van der Waals surface area (Å²) in [5.41, 5.74) is 2.01. The van der Waals surface area contributed by atoms with E-state index < -0.39 is 0 Å². The van der Waals surface area contributed by atoms with Gasteiger partial charge in [-0.15, -0.1) is 0 Å². The predicted octanol–water partition coefficient (Wildman–Crippen LogP) is 1.69. The molecular formula is C20H29N3O3. The first-order valence-electron chi connectivity index (χ1n) is 9.14. The topological polar surface area (TPSA) is 61.9 Å². The fourth-order valence-corrected chi connectivity index (χ4v) is 2.90. The van der Waals surface area contributed by atoms with E-state index in [-0.39, 0.29) is 11.8 Å². The molecule has 142 valence electrons. The van der Waals surface area contributed by atoms with Crippen molar-refractivity contribution in [3.8, 4) is 5.75 Å². The maximum atomic E-state index is 12.4. The second-order valence-corrected chi connectivity index (χ2v) is 6.53. The number of nitrogens with zero attached hydrogens (tertiary/aromatic N) is 2. The summed E-state index contributed by atoms with van der Waals surface area (Å²) in [6, 6.07) is 5.88. The number of aryl methyl sites for hydroxylation is 1. The molecule has 1 heterocycles. The number of piperazine rings is 1. The highest BCUT2D eigenvalue weighted by Crippen LogP contribution is 2.21. The summed E-state index contributed by atoms with van der Waals surface area (Å²) in [7, 11) is 1.62. The number of methoxy groups -OCH3 is 1. The van der Waals surface area contributed by atoms with Crippen LogP contribution in [0.2, 0.25) is 0 Å². The summed E-state index contributed by atoms with van der Waals surface area (Å²) >= 11 is 0. The Morgan fingerprint density at radius 1 is 1.23 bits per heavy atom. The van der Waals surface area contributed by atoms with Gasteiger partial charge in [-0.1, -0.05) is 18.6 Å². The number of rotatable bonds is 7. The highest BCUT2D eigenvalue weighted by molar-refractivity contribution is 5.92. The minimum absolute atomic E-state index is 0.0105. The Labute approximate surface area is 155 Å². The van der Waals surface area contributed by atoms with Crippen molar-refractivity contribution in [2.24, 2.45) is 0 Å². The molecule has 1 saturated heterocycles. The fourth-order valence-electron chi connectivity index (χ4n) is 2.90. The molecule has 0 aliphatic carbocycles. The number of hydrogen-bond acceptors (Lipinski definition) is 4. The van der Waals surface area contributed by atoms with Crippen molar-refractivity contribution in [1.29, 1.82) is 0 Å². The lowest BCUT2D eigenvalue weighted by atomic mass is 10.1. The molecule has 1 aliphatic heterocycles. The Morgan fingerprint density at radius 2 is 1.96 bits per heavy atom. The third kappa shape index (κ3) is 5.88. The van der Waals surface area contributed by atoms with Gasteiger partial charge in [-0.3, -0.25) is 14.5 Å². The summed E-state index contributed by atoms with van der Waals surface area (Å²) < 4.78 is 5.34. The maximum absolute atomic E-state index is 12.4. The SMILES string of the molecule is CCCNC(=O)CN1CCN(C(=O)/C=C/c2cc(C)ccc2OC)CC1. The third-order valence-corrected chi connectivity index (χ3v) is 4.41. The molecule has 1 fully saturated rings. The predicted molar refractivity (Wildman–Crippen MR) is 103 cm³/mol. The highest BCUT2D eigenvalue weighted by atomic mass is 16.5. The average Bonchev–Trinajstić information content (AvgIpc) is 2.65. The number of ether oxygens (including phenoxy) is 1. The van der Waals surface area contributed by atoms with Crippen molar-refractivity contribution >= 4 is 17.9 Å². The molecule has 0 aromatic heterocycles. The third-order valence-electron chi connectivity index (χ3n) is 4.41. The van der Waals surface area contributed by atoms with Crippen LogP contribution >= 0.6 is 0 Å². The van der Waals surface area contributed by atoms with Gasteiger partial charge in [0.15, 0.2) is 0 Å². The minimum atomic E-state index is -0.0105. The summed E-state index contributed by atoms with van der Waals surface area (Å²) in [4.78, 5) is 28.1. The van der Waals surface area contributed by atoms with E-state index in [9.17, 15) is 9.59 Å². The van der Waals surface area contributed by atoms with Gasteiger partial charge < -0.3 is 15.0 Å². The van der Waals surface area contributed by atoms with Crippen LogP contribution in [-0.4, -0.2) is 68.0 Å². The van der Waals surface area contributed by atoms with Crippen LogP contribution in [0.4, 0.5) is 0 Å². The van der Waals surface area contributed by atoms with Crippen LogP contribution in [0.5, 0.6) is 5.75 Å². The largest absolute Gasteiger partial charge is 0.496 e.